The van der Waals surface area contributed by atoms with Gasteiger partial charge in [-0.05, 0) is 26.3 Å². The Bertz CT molecular complexity index is 445. The zero-order chi connectivity index (χ0) is 11.5. The molecule has 1 aromatic heterocycles. The van der Waals surface area contributed by atoms with Gasteiger partial charge < -0.3 is 4.42 Å². The van der Waals surface area contributed by atoms with Gasteiger partial charge in [-0.15, -0.1) is 0 Å². The highest BCUT2D eigenvalue weighted by Gasteiger charge is 2.12. The highest BCUT2D eigenvalue weighted by atomic mass is 32.2. The number of hydrogen-bond acceptors (Lipinski definition) is 3. The van der Waals surface area contributed by atoms with Crippen LogP contribution in [0.3, 0.4) is 0 Å². The van der Waals surface area contributed by atoms with E-state index >= 15 is 0 Å². The van der Waals surface area contributed by atoms with Crippen LogP contribution in [0.5, 0.6) is 0 Å². The van der Waals surface area contributed by atoms with E-state index in [-0.39, 0.29) is 0 Å². The molecule has 0 saturated carbocycles. The Morgan fingerprint density at radius 1 is 1.19 bits per heavy atom. The van der Waals surface area contributed by atoms with Crippen molar-refractivity contribution in [1.82, 2.24) is 4.98 Å². The Balaban J connectivity index is 2.11. The largest absolute Gasteiger partial charge is 0.437 e. The first kappa shape index (κ1) is 11.3. The summed E-state index contributed by atoms with van der Waals surface area (Å²) in [6, 6.07) is 10.4. The number of rotatable bonds is 3. The summed E-state index contributed by atoms with van der Waals surface area (Å²) in [6.45, 7) is 6.07. The van der Waals surface area contributed by atoms with E-state index in [4.69, 9.17) is 4.42 Å². The molecule has 0 saturated heterocycles. The molecule has 2 aromatic rings. The van der Waals surface area contributed by atoms with Gasteiger partial charge in [0.2, 0.25) is 0 Å². The molecule has 84 valence electrons. The van der Waals surface area contributed by atoms with Crippen molar-refractivity contribution in [3.05, 3.63) is 47.3 Å². The van der Waals surface area contributed by atoms with Crippen molar-refractivity contribution in [1.29, 1.82) is 0 Å². The lowest BCUT2D eigenvalue weighted by Gasteiger charge is -2.07. The molecule has 0 aliphatic heterocycles. The SMILES string of the molecule is Cc1nc(SC(C)c2ccccc2)oc1C. The van der Waals surface area contributed by atoms with Crippen molar-refractivity contribution < 1.29 is 4.42 Å². The molecule has 0 radical (unpaired) electrons. The minimum atomic E-state index is 0.360. The van der Waals surface area contributed by atoms with Crippen molar-refractivity contribution in [2.75, 3.05) is 0 Å². The Morgan fingerprint density at radius 3 is 2.44 bits per heavy atom. The maximum Gasteiger partial charge on any atom is 0.256 e. The van der Waals surface area contributed by atoms with E-state index in [9.17, 15) is 0 Å². The summed E-state index contributed by atoms with van der Waals surface area (Å²) in [4.78, 5) is 4.37. The van der Waals surface area contributed by atoms with E-state index in [2.05, 4.69) is 36.2 Å². The predicted molar refractivity (Wildman–Crippen MR) is 66.7 cm³/mol. The van der Waals surface area contributed by atoms with Crippen LogP contribution in [0.25, 0.3) is 0 Å². The number of thioether (sulfide) groups is 1. The average molecular weight is 233 g/mol. The molecule has 1 atom stereocenters. The number of benzene rings is 1. The second kappa shape index (κ2) is 4.74. The summed E-state index contributed by atoms with van der Waals surface area (Å²) in [5, 5.41) is 1.12. The quantitative estimate of drug-likeness (QED) is 0.745. The van der Waals surface area contributed by atoms with Gasteiger partial charge in [-0.2, -0.15) is 0 Å². The van der Waals surface area contributed by atoms with Gasteiger partial charge in [-0.25, -0.2) is 4.98 Å². The molecule has 0 fully saturated rings. The molecule has 1 aromatic carbocycles. The van der Waals surface area contributed by atoms with Gasteiger partial charge in [0.05, 0.1) is 5.69 Å². The monoisotopic (exact) mass is 233 g/mol. The fourth-order valence-electron chi connectivity index (χ4n) is 1.44. The predicted octanol–water partition coefficient (Wildman–Crippen LogP) is 4.14. The molecule has 1 unspecified atom stereocenters. The van der Waals surface area contributed by atoms with Gasteiger partial charge in [0.1, 0.15) is 5.76 Å². The molecule has 0 spiro atoms. The first-order chi connectivity index (χ1) is 7.66. The normalized spacial score (nSPS) is 12.7. The van der Waals surface area contributed by atoms with Crippen LogP contribution >= 0.6 is 11.8 Å². The highest BCUT2D eigenvalue weighted by molar-refractivity contribution is 7.99. The summed E-state index contributed by atoms with van der Waals surface area (Å²) in [5.74, 6) is 0.905. The van der Waals surface area contributed by atoms with E-state index < -0.39 is 0 Å². The third kappa shape index (κ3) is 2.47. The molecule has 2 nitrogen and oxygen atoms in total. The summed E-state index contributed by atoms with van der Waals surface area (Å²) in [5.41, 5.74) is 2.27. The van der Waals surface area contributed by atoms with E-state index in [1.165, 1.54) is 5.56 Å². The minimum absolute atomic E-state index is 0.360. The van der Waals surface area contributed by atoms with E-state index in [1.54, 1.807) is 11.8 Å². The summed E-state index contributed by atoms with van der Waals surface area (Å²) < 4.78 is 5.56. The standard InChI is InChI=1S/C13H15NOS/c1-9-10(2)15-13(14-9)16-11(3)12-7-5-4-6-8-12/h4-8,11H,1-3H3. The van der Waals surface area contributed by atoms with Crippen LogP contribution in [0.15, 0.2) is 40.0 Å². The lowest BCUT2D eigenvalue weighted by molar-refractivity contribution is 0.430. The third-order valence-electron chi connectivity index (χ3n) is 2.56. The molecule has 0 N–H and O–H groups in total. The van der Waals surface area contributed by atoms with Gasteiger partial charge >= 0.3 is 0 Å². The number of hydrogen-bond donors (Lipinski definition) is 0. The first-order valence-electron chi connectivity index (χ1n) is 5.32. The number of aryl methyl sites for hydroxylation is 2. The summed E-state index contributed by atoms with van der Waals surface area (Å²) >= 11 is 1.65. The van der Waals surface area contributed by atoms with Crippen LogP contribution in [0.1, 0.15) is 29.2 Å². The second-order valence-electron chi connectivity index (χ2n) is 3.79. The van der Waals surface area contributed by atoms with Crippen LogP contribution in [-0.2, 0) is 0 Å². The van der Waals surface area contributed by atoms with Crippen molar-refractivity contribution in [2.24, 2.45) is 0 Å². The second-order valence-corrected chi connectivity index (χ2v) is 5.08. The minimum Gasteiger partial charge on any atom is -0.437 e. The van der Waals surface area contributed by atoms with E-state index in [1.807, 2.05) is 19.9 Å². The van der Waals surface area contributed by atoms with Crippen molar-refractivity contribution >= 4 is 11.8 Å². The van der Waals surface area contributed by atoms with Crippen LogP contribution in [0.4, 0.5) is 0 Å². The van der Waals surface area contributed by atoms with Gasteiger partial charge in [0, 0.05) is 5.25 Å². The van der Waals surface area contributed by atoms with Gasteiger partial charge in [-0.1, -0.05) is 42.1 Å². The van der Waals surface area contributed by atoms with Crippen LogP contribution in [-0.4, -0.2) is 4.98 Å². The summed E-state index contributed by atoms with van der Waals surface area (Å²) in [7, 11) is 0. The fourth-order valence-corrected chi connectivity index (χ4v) is 2.40. The molecular weight excluding hydrogens is 218 g/mol. The highest BCUT2D eigenvalue weighted by Crippen LogP contribution is 2.34. The van der Waals surface area contributed by atoms with Gasteiger partial charge in [0.25, 0.3) is 5.22 Å². The topological polar surface area (TPSA) is 26.0 Å². The molecule has 1 heterocycles. The molecule has 0 aliphatic carbocycles. The molecule has 3 heteroatoms. The lowest BCUT2D eigenvalue weighted by Crippen LogP contribution is -1.87. The Labute approximate surface area is 100 Å². The van der Waals surface area contributed by atoms with Crippen molar-refractivity contribution in [2.45, 2.75) is 31.2 Å². The Hall–Kier alpha value is -1.22. The number of aromatic nitrogens is 1. The van der Waals surface area contributed by atoms with Crippen molar-refractivity contribution in [3.63, 3.8) is 0 Å². The van der Waals surface area contributed by atoms with Crippen molar-refractivity contribution in [3.8, 4) is 0 Å². The maximum atomic E-state index is 5.56. The molecule has 0 bridgehead atoms. The third-order valence-corrected chi connectivity index (χ3v) is 3.56. The molecule has 0 amide bonds. The maximum absolute atomic E-state index is 5.56. The van der Waals surface area contributed by atoms with E-state index in [0.717, 1.165) is 16.7 Å². The smallest absolute Gasteiger partial charge is 0.256 e. The van der Waals surface area contributed by atoms with Crippen LogP contribution < -0.4 is 0 Å². The molecule has 0 aliphatic rings. The summed E-state index contributed by atoms with van der Waals surface area (Å²) in [6.07, 6.45) is 0. The number of oxazole rings is 1. The first-order valence-corrected chi connectivity index (χ1v) is 6.20. The average Bonchev–Trinajstić information content (AvgIpc) is 2.59. The molecular formula is C13H15NOS. The molecule has 16 heavy (non-hydrogen) atoms. The Morgan fingerprint density at radius 2 is 1.88 bits per heavy atom. The number of nitrogens with zero attached hydrogens (tertiary/aromatic N) is 1. The van der Waals surface area contributed by atoms with Gasteiger partial charge in [-0.3, -0.25) is 0 Å². The van der Waals surface area contributed by atoms with Gasteiger partial charge in [0.15, 0.2) is 0 Å². The molecule has 2 rings (SSSR count). The lowest BCUT2D eigenvalue weighted by atomic mass is 10.2. The van der Waals surface area contributed by atoms with E-state index in [0.29, 0.717) is 5.25 Å². The van der Waals surface area contributed by atoms with Crippen LogP contribution in [0.2, 0.25) is 0 Å². The van der Waals surface area contributed by atoms with Crippen LogP contribution in [0, 0.1) is 13.8 Å². The zero-order valence-electron chi connectivity index (χ0n) is 9.73. The zero-order valence-corrected chi connectivity index (χ0v) is 10.5. The fraction of sp³-hybridized carbons (Fsp3) is 0.308. The Kier molecular flexibility index (Phi) is 3.34.